The minimum Gasteiger partial charge on any atom is -0.456 e. The standard InChI is InChI=1S/C79H45NO4/c1-3-13-59-55(9-1)56-10-2-4-14-60(56)79(59)53-27-35-77-67(43-53)65-41-51(25-33-75(65)83-77)49-23-31-73-63(39-49)61-37-47(21-29-71(61)81-73)45-17-19-46(20-18-45)48-22-30-72-62(38-48)64-40-50(24-32-74(64)82-72)52-26-34-76-66(42-52)68-44-54(28-36-78(68)84-76)80-69-15-7-5-11-57(69)58-12-6-8-16-70(58)80/h1-44,79H. The molecule has 1 aliphatic carbocycles. The molecular weight excluding hydrogens is 1030 g/mol. The van der Waals surface area contributed by atoms with E-state index in [-0.39, 0.29) is 5.92 Å². The maximum Gasteiger partial charge on any atom is 0.135 e. The van der Waals surface area contributed by atoms with E-state index in [1.165, 1.54) is 49.6 Å². The Hall–Kier alpha value is -11.1. The van der Waals surface area contributed by atoms with E-state index in [1.807, 2.05) is 0 Å². The lowest BCUT2D eigenvalue weighted by Gasteiger charge is -2.14. The third-order valence-corrected chi connectivity index (χ3v) is 18.1. The van der Waals surface area contributed by atoms with Crippen LogP contribution < -0.4 is 0 Å². The lowest BCUT2D eigenvalue weighted by molar-refractivity contribution is 0.668. The van der Waals surface area contributed by atoms with Crippen LogP contribution in [0.4, 0.5) is 0 Å². The predicted molar refractivity (Wildman–Crippen MR) is 344 cm³/mol. The van der Waals surface area contributed by atoms with Crippen LogP contribution in [0, 0.1) is 0 Å². The van der Waals surface area contributed by atoms with Gasteiger partial charge in [-0.3, -0.25) is 0 Å². The molecule has 18 aromatic rings. The number of hydrogen-bond donors (Lipinski definition) is 0. The topological polar surface area (TPSA) is 57.5 Å². The van der Waals surface area contributed by atoms with Gasteiger partial charge >= 0.3 is 0 Å². The molecule has 0 bridgehead atoms. The maximum atomic E-state index is 6.47. The summed E-state index contributed by atoms with van der Waals surface area (Å²) in [6.07, 6.45) is 0. The van der Waals surface area contributed by atoms with Crippen molar-refractivity contribution in [2.75, 3.05) is 0 Å². The lowest BCUT2D eigenvalue weighted by atomic mass is 9.88. The van der Waals surface area contributed by atoms with Gasteiger partial charge in [-0.15, -0.1) is 0 Å². The molecule has 5 aromatic heterocycles. The van der Waals surface area contributed by atoms with Crippen molar-refractivity contribution in [1.82, 2.24) is 4.57 Å². The van der Waals surface area contributed by atoms with E-state index in [4.69, 9.17) is 17.7 Å². The number of furan rings is 4. The maximum absolute atomic E-state index is 6.47. The van der Waals surface area contributed by atoms with Crippen LogP contribution in [-0.4, -0.2) is 4.57 Å². The number of rotatable bonds is 6. The van der Waals surface area contributed by atoms with E-state index in [2.05, 4.69) is 271 Å². The molecule has 0 fully saturated rings. The normalized spacial score (nSPS) is 12.7. The van der Waals surface area contributed by atoms with Crippen LogP contribution in [0.2, 0.25) is 0 Å². The Morgan fingerprint density at radius 2 is 0.524 bits per heavy atom. The summed E-state index contributed by atoms with van der Waals surface area (Å²) in [5.41, 5.74) is 26.1. The molecule has 0 radical (unpaired) electrons. The summed E-state index contributed by atoms with van der Waals surface area (Å²) in [5, 5.41) is 11.2. The minimum atomic E-state index is 0.166. The zero-order valence-electron chi connectivity index (χ0n) is 45.1. The van der Waals surface area contributed by atoms with E-state index < -0.39 is 0 Å². The Kier molecular flexibility index (Phi) is 9.33. The first-order valence-corrected chi connectivity index (χ1v) is 28.7. The van der Waals surface area contributed by atoms with E-state index in [1.54, 1.807) is 0 Å². The Labute approximate surface area is 480 Å². The quantitative estimate of drug-likeness (QED) is 0.166. The van der Waals surface area contributed by atoms with E-state index in [9.17, 15) is 0 Å². The van der Waals surface area contributed by atoms with Crippen molar-refractivity contribution in [3.63, 3.8) is 0 Å². The van der Waals surface area contributed by atoms with Crippen LogP contribution in [-0.2, 0) is 0 Å². The molecule has 5 heterocycles. The number of benzene rings is 13. The van der Waals surface area contributed by atoms with Crippen molar-refractivity contribution in [2.45, 2.75) is 5.92 Å². The number of para-hydroxylation sites is 2. The molecule has 5 heteroatoms. The van der Waals surface area contributed by atoms with E-state index in [0.717, 1.165) is 138 Å². The second-order valence-electron chi connectivity index (χ2n) is 22.7. The van der Waals surface area contributed by atoms with Crippen molar-refractivity contribution in [2.24, 2.45) is 0 Å². The Morgan fingerprint density at radius 1 is 0.226 bits per heavy atom. The van der Waals surface area contributed by atoms with Gasteiger partial charge in [0, 0.05) is 65.5 Å². The molecule has 0 aliphatic heterocycles. The first-order valence-electron chi connectivity index (χ1n) is 28.7. The summed E-state index contributed by atoms with van der Waals surface area (Å²) < 4.78 is 28.2. The zero-order valence-corrected chi connectivity index (χ0v) is 45.1. The van der Waals surface area contributed by atoms with Gasteiger partial charge in [0.2, 0.25) is 0 Å². The Bertz CT molecular complexity index is 5720. The number of hydrogen-bond acceptors (Lipinski definition) is 4. The molecule has 0 N–H and O–H groups in total. The molecule has 84 heavy (non-hydrogen) atoms. The van der Waals surface area contributed by atoms with Gasteiger partial charge in [0.1, 0.15) is 44.7 Å². The van der Waals surface area contributed by atoms with Gasteiger partial charge in [-0.25, -0.2) is 0 Å². The fraction of sp³-hybridized carbons (Fsp3) is 0.0127. The smallest absolute Gasteiger partial charge is 0.135 e. The number of nitrogens with zero attached hydrogens (tertiary/aromatic N) is 1. The Morgan fingerprint density at radius 3 is 0.929 bits per heavy atom. The Balaban J connectivity index is 0.627. The molecular formula is C79H45NO4. The van der Waals surface area contributed by atoms with Gasteiger partial charge in [0.25, 0.3) is 0 Å². The van der Waals surface area contributed by atoms with Crippen LogP contribution in [0.15, 0.2) is 285 Å². The van der Waals surface area contributed by atoms with Crippen molar-refractivity contribution >= 4 is 110 Å². The molecule has 1 aliphatic rings. The zero-order chi connectivity index (χ0) is 54.7. The molecule has 5 nitrogen and oxygen atoms in total. The lowest BCUT2D eigenvalue weighted by Crippen LogP contribution is -1.98. The van der Waals surface area contributed by atoms with Gasteiger partial charge in [-0.1, -0.05) is 152 Å². The minimum absolute atomic E-state index is 0.166. The molecule has 19 rings (SSSR count). The highest BCUT2D eigenvalue weighted by Gasteiger charge is 2.30. The number of aromatic nitrogens is 1. The van der Waals surface area contributed by atoms with Crippen LogP contribution >= 0.6 is 0 Å². The first-order chi connectivity index (χ1) is 41.6. The molecule has 390 valence electrons. The van der Waals surface area contributed by atoms with Crippen molar-refractivity contribution in [3.05, 3.63) is 284 Å². The molecule has 0 spiro atoms. The molecule has 0 saturated carbocycles. The third-order valence-electron chi connectivity index (χ3n) is 18.1. The first kappa shape index (κ1) is 45.6. The van der Waals surface area contributed by atoms with Gasteiger partial charge < -0.3 is 22.2 Å². The fourth-order valence-electron chi connectivity index (χ4n) is 14.1. The van der Waals surface area contributed by atoms with Crippen molar-refractivity contribution < 1.29 is 17.7 Å². The SMILES string of the molecule is c1ccc2c(c1)-c1ccccc1C2c1ccc2oc3ccc(-c4ccc5oc6ccc(-c7ccc(-c8ccc9oc%10ccc(-c%11ccc%12oc%13ccc(-n%14c%15ccccc%15c%15ccccc%15%14)cc%13c%12c%11)cc%10c9c8)cc7)cc6c5c4)cc3c2c1. The molecule has 0 saturated heterocycles. The van der Waals surface area contributed by atoms with Crippen molar-refractivity contribution in [1.29, 1.82) is 0 Å². The molecule has 0 unspecified atom stereocenters. The predicted octanol–water partition coefficient (Wildman–Crippen LogP) is 22.2. The summed E-state index contributed by atoms with van der Waals surface area (Å²) in [5.74, 6) is 0.166. The van der Waals surface area contributed by atoms with Crippen LogP contribution in [0.5, 0.6) is 0 Å². The average molecular weight is 1070 g/mol. The highest BCUT2D eigenvalue weighted by atomic mass is 16.3. The highest BCUT2D eigenvalue weighted by molar-refractivity contribution is 6.13. The van der Waals surface area contributed by atoms with Gasteiger partial charge in [-0.05, 0) is 188 Å². The van der Waals surface area contributed by atoms with Gasteiger partial charge in [0.15, 0.2) is 0 Å². The third kappa shape index (κ3) is 6.72. The van der Waals surface area contributed by atoms with Crippen LogP contribution in [0.25, 0.3) is 171 Å². The second-order valence-corrected chi connectivity index (χ2v) is 22.7. The summed E-state index contributed by atoms with van der Waals surface area (Å²) in [7, 11) is 0. The van der Waals surface area contributed by atoms with E-state index in [0.29, 0.717) is 0 Å². The fourth-order valence-corrected chi connectivity index (χ4v) is 14.1. The van der Waals surface area contributed by atoms with Gasteiger partial charge in [-0.2, -0.15) is 0 Å². The van der Waals surface area contributed by atoms with Crippen LogP contribution in [0.1, 0.15) is 22.6 Å². The monoisotopic (exact) mass is 1070 g/mol. The molecule has 0 amide bonds. The van der Waals surface area contributed by atoms with Gasteiger partial charge in [0.05, 0.1) is 11.0 Å². The summed E-state index contributed by atoms with van der Waals surface area (Å²) in [4.78, 5) is 0. The largest absolute Gasteiger partial charge is 0.456 e. The second kappa shape index (κ2) is 17.2. The van der Waals surface area contributed by atoms with Crippen LogP contribution in [0.3, 0.4) is 0 Å². The van der Waals surface area contributed by atoms with E-state index >= 15 is 0 Å². The molecule has 13 aromatic carbocycles. The average Bonchev–Trinajstić information content (AvgIpc) is 2.52. The van der Waals surface area contributed by atoms with Crippen molar-refractivity contribution in [3.8, 4) is 61.3 Å². The summed E-state index contributed by atoms with van der Waals surface area (Å²) >= 11 is 0. The highest BCUT2D eigenvalue weighted by Crippen LogP contribution is 2.49. The summed E-state index contributed by atoms with van der Waals surface area (Å²) in [6.45, 7) is 0. The summed E-state index contributed by atoms with van der Waals surface area (Å²) in [6, 6.07) is 96.3. The molecule has 0 atom stereocenters. The number of fused-ring (bicyclic) bond motifs is 18.